The monoisotopic (exact) mass is 198 g/mol. The zero-order chi connectivity index (χ0) is 11.1. The van der Waals surface area contributed by atoms with E-state index in [-0.39, 0.29) is 0 Å². The molecule has 0 amide bonds. The first kappa shape index (κ1) is 13.7. The van der Waals surface area contributed by atoms with Crippen LogP contribution in [0.25, 0.3) is 0 Å². The highest BCUT2D eigenvalue weighted by Crippen LogP contribution is 2.33. The average molecular weight is 198 g/mol. The third kappa shape index (κ3) is 4.26. The molecule has 0 aromatic heterocycles. The zero-order valence-corrected chi connectivity index (χ0v) is 10.5. The lowest BCUT2D eigenvalue weighted by molar-refractivity contribution is -0.122. The van der Waals surface area contributed by atoms with E-state index in [2.05, 4.69) is 13.8 Å². The second-order valence-corrected chi connectivity index (χ2v) is 4.47. The van der Waals surface area contributed by atoms with Crippen molar-refractivity contribution < 1.29 is 4.79 Å². The fourth-order valence-corrected chi connectivity index (χ4v) is 2.19. The van der Waals surface area contributed by atoms with Crippen LogP contribution in [0.2, 0.25) is 0 Å². The van der Waals surface area contributed by atoms with Crippen LogP contribution in [0.15, 0.2) is 0 Å². The van der Waals surface area contributed by atoms with Gasteiger partial charge in [0.05, 0.1) is 0 Å². The van der Waals surface area contributed by atoms with Crippen LogP contribution >= 0.6 is 0 Å². The molecule has 0 aromatic carbocycles. The van der Waals surface area contributed by atoms with Gasteiger partial charge in [-0.15, -0.1) is 0 Å². The predicted octanol–water partition coefficient (Wildman–Crippen LogP) is 4.06. The van der Waals surface area contributed by atoms with Crippen molar-refractivity contribution in [2.45, 2.75) is 60.3 Å². The highest BCUT2D eigenvalue weighted by molar-refractivity contribution is 5.78. The molecule has 1 aliphatic rings. The van der Waals surface area contributed by atoms with Gasteiger partial charge >= 0.3 is 0 Å². The van der Waals surface area contributed by atoms with Crippen molar-refractivity contribution in [3.05, 3.63) is 0 Å². The molecule has 14 heavy (non-hydrogen) atoms. The molecule has 0 aromatic rings. The number of rotatable bonds is 2. The Morgan fingerprint density at radius 3 is 1.79 bits per heavy atom. The smallest absolute Gasteiger partial charge is 0.132 e. The van der Waals surface area contributed by atoms with Crippen LogP contribution in [0.1, 0.15) is 60.3 Å². The molecule has 0 radical (unpaired) electrons. The van der Waals surface area contributed by atoms with Crippen molar-refractivity contribution in [3.8, 4) is 0 Å². The molecular formula is C13H26O. The van der Waals surface area contributed by atoms with Gasteiger partial charge in [-0.1, -0.05) is 27.7 Å². The predicted molar refractivity (Wildman–Crippen MR) is 62.3 cm³/mol. The number of carbonyl (C=O) groups excluding carboxylic acids is 1. The van der Waals surface area contributed by atoms with Gasteiger partial charge in [-0.05, 0) is 44.4 Å². The van der Waals surface area contributed by atoms with Gasteiger partial charge in [0.15, 0.2) is 0 Å². The fourth-order valence-electron chi connectivity index (χ4n) is 2.19. The normalized spacial score (nSPS) is 26.7. The van der Waals surface area contributed by atoms with Gasteiger partial charge in [0, 0.05) is 5.92 Å². The minimum atomic E-state index is 0.389. The molecule has 1 aliphatic carbocycles. The Morgan fingerprint density at radius 2 is 1.50 bits per heavy atom. The number of carbonyl (C=O) groups is 1. The highest BCUT2D eigenvalue weighted by atomic mass is 16.1. The Bertz CT molecular complexity index is 153. The van der Waals surface area contributed by atoms with Crippen LogP contribution in [-0.2, 0) is 4.79 Å². The maximum atomic E-state index is 11.1. The first-order valence-corrected chi connectivity index (χ1v) is 6.11. The summed E-state index contributed by atoms with van der Waals surface area (Å²) >= 11 is 0. The quantitative estimate of drug-likeness (QED) is 0.654. The topological polar surface area (TPSA) is 17.1 Å². The van der Waals surface area contributed by atoms with Gasteiger partial charge in [-0.25, -0.2) is 0 Å². The summed E-state index contributed by atoms with van der Waals surface area (Å²) in [5, 5.41) is 0. The molecule has 0 heterocycles. The van der Waals surface area contributed by atoms with Crippen LogP contribution in [0.3, 0.4) is 0 Å². The van der Waals surface area contributed by atoms with E-state index in [4.69, 9.17) is 0 Å². The van der Waals surface area contributed by atoms with Gasteiger partial charge in [-0.3, -0.25) is 4.79 Å². The summed E-state index contributed by atoms with van der Waals surface area (Å²) in [6.07, 6.45) is 4.81. The van der Waals surface area contributed by atoms with Gasteiger partial charge < -0.3 is 0 Å². The molecule has 0 unspecified atom stereocenters. The minimum Gasteiger partial charge on any atom is -0.300 e. The van der Waals surface area contributed by atoms with E-state index in [0.29, 0.717) is 11.7 Å². The molecule has 84 valence electrons. The van der Waals surface area contributed by atoms with Crippen LogP contribution in [-0.4, -0.2) is 5.78 Å². The van der Waals surface area contributed by atoms with Gasteiger partial charge in [0.25, 0.3) is 0 Å². The van der Waals surface area contributed by atoms with Crippen molar-refractivity contribution in [1.82, 2.24) is 0 Å². The SMILES string of the molecule is CC.CC(=O)C1CCC(C(C)C)CC1. The largest absolute Gasteiger partial charge is 0.300 e. The maximum absolute atomic E-state index is 11.1. The Balaban J connectivity index is 0.000000791. The molecule has 0 N–H and O–H groups in total. The molecule has 0 spiro atoms. The fraction of sp³-hybridized carbons (Fsp3) is 0.923. The molecule has 1 heteroatoms. The molecule has 1 nitrogen and oxygen atoms in total. The Kier molecular flexibility index (Phi) is 6.86. The van der Waals surface area contributed by atoms with Crippen LogP contribution in [0.4, 0.5) is 0 Å². The lowest BCUT2D eigenvalue weighted by Gasteiger charge is -2.29. The summed E-state index contributed by atoms with van der Waals surface area (Å²) < 4.78 is 0. The molecule has 0 atom stereocenters. The lowest BCUT2D eigenvalue weighted by Crippen LogP contribution is -2.22. The van der Waals surface area contributed by atoms with Crippen molar-refractivity contribution in [1.29, 1.82) is 0 Å². The van der Waals surface area contributed by atoms with E-state index in [1.807, 2.05) is 13.8 Å². The summed E-state index contributed by atoms with van der Waals surface area (Å²) in [5.41, 5.74) is 0. The van der Waals surface area contributed by atoms with Crippen LogP contribution in [0, 0.1) is 17.8 Å². The minimum absolute atomic E-state index is 0.389. The summed E-state index contributed by atoms with van der Waals surface area (Å²) in [6, 6.07) is 0. The number of hydrogen-bond acceptors (Lipinski definition) is 1. The number of hydrogen-bond donors (Lipinski definition) is 0. The van der Waals surface area contributed by atoms with Crippen LogP contribution in [0.5, 0.6) is 0 Å². The third-order valence-electron chi connectivity index (χ3n) is 3.29. The number of Topliss-reactive ketones (excluding diaryl/α,β-unsaturated/α-hetero) is 1. The molecule has 0 aliphatic heterocycles. The Labute approximate surface area is 89.3 Å². The Hall–Kier alpha value is -0.330. The van der Waals surface area contributed by atoms with E-state index in [9.17, 15) is 4.79 Å². The first-order valence-electron chi connectivity index (χ1n) is 6.11. The summed E-state index contributed by atoms with van der Waals surface area (Å²) in [6.45, 7) is 10.3. The second-order valence-electron chi connectivity index (χ2n) is 4.47. The van der Waals surface area contributed by atoms with E-state index in [1.165, 1.54) is 12.8 Å². The van der Waals surface area contributed by atoms with E-state index in [0.717, 1.165) is 24.7 Å². The molecule has 0 saturated heterocycles. The van der Waals surface area contributed by atoms with E-state index in [1.54, 1.807) is 6.92 Å². The van der Waals surface area contributed by atoms with Crippen molar-refractivity contribution >= 4 is 5.78 Å². The van der Waals surface area contributed by atoms with Crippen molar-refractivity contribution in [3.63, 3.8) is 0 Å². The molecule has 1 rings (SSSR count). The van der Waals surface area contributed by atoms with Crippen LogP contribution < -0.4 is 0 Å². The highest BCUT2D eigenvalue weighted by Gasteiger charge is 2.25. The lowest BCUT2D eigenvalue weighted by atomic mass is 9.76. The van der Waals surface area contributed by atoms with Gasteiger partial charge in [-0.2, -0.15) is 0 Å². The number of ketones is 1. The van der Waals surface area contributed by atoms with Crippen molar-refractivity contribution in [2.24, 2.45) is 17.8 Å². The third-order valence-corrected chi connectivity index (χ3v) is 3.29. The standard InChI is InChI=1S/C11H20O.C2H6/c1-8(2)10-4-6-11(7-5-10)9(3)12;1-2/h8,10-11H,4-7H2,1-3H3;1-2H3. The maximum Gasteiger partial charge on any atom is 0.132 e. The zero-order valence-electron chi connectivity index (χ0n) is 10.5. The summed E-state index contributed by atoms with van der Waals surface area (Å²) in [4.78, 5) is 11.1. The van der Waals surface area contributed by atoms with E-state index >= 15 is 0 Å². The molecule has 0 bridgehead atoms. The molecule has 1 saturated carbocycles. The Morgan fingerprint density at radius 1 is 1.07 bits per heavy atom. The average Bonchev–Trinajstić information content (AvgIpc) is 2.21. The van der Waals surface area contributed by atoms with Gasteiger partial charge in [0.2, 0.25) is 0 Å². The first-order chi connectivity index (χ1) is 6.61. The summed E-state index contributed by atoms with van der Waals surface area (Å²) in [7, 11) is 0. The van der Waals surface area contributed by atoms with Crippen molar-refractivity contribution in [2.75, 3.05) is 0 Å². The summed E-state index contributed by atoms with van der Waals surface area (Å²) in [5.74, 6) is 2.47. The molecular weight excluding hydrogens is 172 g/mol. The molecule has 1 fully saturated rings. The van der Waals surface area contributed by atoms with E-state index < -0.39 is 0 Å². The second kappa shape index (κ2) is 7.03. The van der Waals surface area contributed by atoms with Gasteiger partial charge in [0.1, 0.15) is 5.78 Å².